The van der Waals surface area contributed by atoms with Crippen molar-refractivity contribution in [2.45, 2.75) is 6.92 Å². The first-order chi connectivity index (χ1) is 13.6. The maximum absolute atomic E-state index is 12.8. The summed E-state index contributed by atoms with van der Waals surface area (Å²) in [4.78, 5) is 34.2. The Morgan fingerprint density at radius 3 is 2.79 bits per heavy atom. The van der Waals surface area contributed by atoms with Gasteiger partial charge in [0, 0.05) is 7.05 Å². The zero-order chi connectivity index (χ0) is 19.7. The molecule has 0 aliphatic rings. The van der Waals surface area contributed by atoms with Crippen LogP contribution >= 0.6 is 11.3 Å². The number of benzene rings is 1. The van der Waals surface area contributed by atoms with Crippen LogP contribution in [0.3, 0.4) is 0 Å². The number of hydrogen-bond acceptors (Lipinski definition) is 6. The number of thiophene rings is 1. The summed E-state index contributed by atoms with van der Waals surface area (Å²) in [7, 11) is 1.77. The van der Waals surface area contributed by atoms with Gasteiger partial charge < -0.3 is 10.1 Å². The zero-order valence-corrected chi connectivity index (χ0v) is 16.1. The number of aromatic nitrogens is 4. The maximum atomic E-state index is 12.8. The van der Waals surface area contributed by atoms with E-state index in [4.69, 9.17) is 4.74 Å². The fraction of sp³-hybridized carbons (Fsp3) is 0.158. The first kappa shape index (κ1) is 17.9. The lowest BCUT2D eigenvalue weighted by Gasteiger charge is -2.07. The minimum Gasteiger partial charge on any atom is -0.467 e. The number of para-hydroxylation sites is 1. The molecule has 0 saturated carbocycles. The van der Waals surface area contributed by atoms with Crippen LogP contribution < -0.4 is 15.6 Å². The minimum atomic E-state index is -0.437. The number of nitrogens with zero attached hydrogens (tertiary/aromatic N) is 4. The molecule has 3 aromatic heterocycles. The Hall–Kier alpha value is -3.46. The molecule has 1 N–H and O–H groups in total. The summed E-state index contributed by atoms with van der Waals surface area (Å²) in [5, 5.41) is 5.30. The van der Waals surface area contributed by atoms with Gasteiger partial charge in [-0.05, 0) is 30.5 Å². The van der Waals surface area contributed by atoms with Crippen LogP contribution in [-0.2, 0) is 11.8 Å². The van der Waals surface area contributed by atoms with Crippen molar-refractivity contribution in [2.24, 2.45) is 7.05 Å². The van der Waals surface area contributed by atoms with E-state index in [9.17, 15) is 9.59 Å². The topological polar surface area (TPSA) is 91.0 Å². The summed E-state index contributed by atoms with van der Waals surface area (Å²) < 4.78 is 8.75. The molecular weight excluding hydrogens is 378 g/mol. The fourth-order valence-corrected chi connectivity index (χ4v) is 3.63. The van der Waals surface area contributed by atoms with Crippen molar-refractivity contribution in [1.29, 1.82) is 0 Å². The molecule has 0 aliphatic carbocycles. The van der Waals surface area contributed by atoms with Crippen LogP contribution in [0.4, 0.5) is 5.69 Å². The van der Waals surface area contributed by atoms with Gasteiger partial charge in [0.05, 0.1) is 16.8 Å². The van der Waals surface area contributed by atoms with Crippen molar-refractivity contribution < 1.29 is 9.53 Å². The van der Waals surface area contributed by atoms with Gasteiger partial charge in [-0.3, -0.25) is 14.3 Å². The Morgan fingerprint density at radius 1 is 1.21 bits per heavy atom. The molecule has 1 aromatic carbocycles. The summed E-state index contributed by atoms with van der Waals surface area (Å²) in [6.45, 7) is 1.51. The standard InChI is InChI=1S/C19H17N5O3S/c1-12-16(19(26)24(23(12)2)13-6-4-3-5-7-13)22-15(25)10-27-17-14-8-9-28-18(14)21-11-20-17/h3-9,11H,10H2,1-2H3,(H,22,25). The summed E-state index contributed by atoms with van der Waals surface area (Å²) in [5.41, 5.74) is 1.28. The number of hydrogen-bond donors (Lipinski definition) is 1. The van der Waals surface area contributed by atoms with E-state index in [1.54, 1.807) is 18.7 Å². The van der Waals surface area contributed by atoms with Crippen molar-refractivity contribution in [2.75, 3.05) is 11.9 Å². The summed E-state index contributed by atoms with van der Waals surface area (Å²) in [6, 6.07) is 11.1. The van der Waals surface area contributed by atoms with Crippen LogP contribution in [-0.4, -0.2) is 31.8 Å². The van der Waals surface area contributed by atoms with Crippen molar-refractivity contribution >= 4 is 33.1 Å². The predicted octanol–water partition coefficient (Wildman–Crippen LogP) is 2.51. The third-order valence-electron chi connectivity index (χ3n) is 4.38. The Kier molecular flexibility index (Phi) is 4.66. The maximum Gasteiger partial charge on any atom is 0.295 e. The average molecular weight is 395 g/mol. The highest BCUT2D eigenvalue weighted by Gasteiger charge is 2.18. The van der Waals surface area contributed by atoms with Crippen molar-refractivity contribution in [3.05, 3.63) is 64.2 Å². The van der Waals surface area contributed by atoms with Crippen molar-refractivity contribution in [3.8, 4) is 11.6 Å². The van der Waals surface area contributed by atoms with Crippen LogP contribution in [0, 0.1) is 6.92 Å². The zero-order valence-electron chi connectivity index (χ0n) is 15.2. The van der Waals surface area contributed by atoms with E-state index in [1.807, 2.05) is 41.8 Å². The molecular formula is C19H17N5O3S. The molecule has 142 valence electrons. The average Bonchev–Trinajstić information content (AvgIpc) is 3.27. The summed E-state index contributed by atoms with van der Waals surface area (Å²) in [6.07, 6.45) is 1.39. The first-order valence-corrected chi connectivity index (χ1v) is 9.39. The van der Waals surface area contributed by atoms with Crippen LogP contribution in [0.1, 0.15) is 5.69 Å². The molecule has 0 unspecified atom stereocenters. The molecule has 9 heteroatoms. The number of anilines is 1. The second-order valence-corrected chi connectivity index (χ2v) is 6.99. The van der Waals surface area contributed by atoms with E-state index >= 15 is 0 Å². The van der Waals surface area contributed by atoms with Crippen molar-refractivity contribution in [3.63, 3.8) is 0 Å². The van der Waals surface area contributed by atoms with Crippen molar-refractivity contribution in [1.82, 2.24) is 19.3 Å². The highest BCUT2D eigenvalue weighted by molar-refractivity contribution is 7.16. The largest absolute Gasteiger partial charge is 0.467 e. The summed E-state index contributed by atoms with van der Waals surface area (Å²) in [5.74, 6) is -0.0964. The number of nitrogens with one attached hydrogen (secondary N) is 1. The molecule has 4 rings (SSSR count). The van der Waals surface area contributed by atoms with Crippen LogP contribution in [0.25, 0.3) is 15.9 Å². The van der Waals surface area contributed by atoms with Gasteiger partial charge in [0.25, 0.3) is 11.5 Å². The van der Waals surface area contributed by atoms with E-state index in [0.717, 1.165) is 15.9 Å². The number of carbonyl (C=O) groups is 1. The molecule has 0 aliphatic heterocycles. The lowest BCUT2D eigenvalue weighted by atomic mass is 10.3. The molecule has 1 amide bonds. The van der Waals surface area contributed by atoms with E-state index in [2.05, 4.69) is 15.3 Å². The van der Waals surface area contributed by atoms with E-state index < -0.39 is 5.91 Å². The number of rotatable bonds is 5. The van der Waals surface area contributed by atoms with E-state index in [0.29, 0.717) is 11.6 Å². The van der Waals surface area contributed by atoms with Gasteiger partial charge in [-0.2, -0.15) is 0 Å². The highest BCUT2D eigenvalue weighted by Crippen LogP contribution is 2.25. The molecule has 0 bridgehead atoms. The SMILES string of the molecule is Cc1c(NC(=O)COc2ncnc3sccc23)c(=O)n(-c2ccccc2)n1C. The molecule has 8 nitrogen and oxygen atoms in total. The van der Waals surface area contributed by atoms with E-state index in [1.165, 1.54) is 22.3 Å². The lowest BCUT2D eigenvalue weighted by Crippen LogP contribution is -2.25. The second kappa shape index (κ2) is 7.28. The summed E-state index contributed by atoms with van der Waals surface area (Å²) >= 11 is 1.47. The number of fused-ring (bicyclic) bond motifs is 1. The van der Waals surface area contributed by atoms with Crippen LogP contribution in [0.2, 0.25) is 0 Å². The smallest absolute Gasteiger partial charge is 0.295 e. The molecule has 0 saturated heterocycles. The quantitative estimate of drug-likeness (QED) is 0.561. The van der Waals surface area contributed by atoms with Gasteiger partial charge in [-0.1, -0.05) is 18.2 Å². The van der Waals surface area contributed by atoms with Gasteiger partial charge in [-0.25, -0.2) is 14.6 Å². The highest BCUT2D eigenvalue weighted by atomic mass is 32.1. The molecule has 0 radical (unpaired) electrons. The van der Waals surface area contributed by atoms with Gasteiger partial charge in [0.15, 0.2) is 6.61 Å². The monoisotopic (exact) mass is 395 g/mol. The number of amides is 1. The first-order valence-electron chi connectivity index (χ1n) is 8.51. The van der Waals surface area contributed by atoms with Gasteiger partial charge in [-0.15, -0.1) is 11.3 Å². The molecule has 3 heterocycles. The van der Waals surface area contributed by atoms with Gasteiger partial charge in [0.1, 0.15) is 16.8 Å². The third kappa shape index (κ3) is 3.16. The van der Waals surface area contributed by atoms with Crippen LogP contribution in [0.5, 0.6) is 5.88 Å². The minimum absolute atomic E-state index is 0.225. The molecule has 4 aromatic rings. The molecule has 0 atom stereocenters. The molecule has 28 heavy (non-hydrogen) atoms. The second-order valence-electron chi connectivity index (χ2n) is 6.09. The Bertz CT molecular complexity index is 1210. The third-order valence-corrected chi connectivity index (χ3v) is 5.20. The number of carbonyl (C=O) groups excluding carboxylic acids is 1. The Balaban J connectivity index is 1.54. The van der Waals surface area contributed by atoms with Gasteiger partial charge >= 0.3 is 0 Å². The fourth-order valence-electron chi connectivity index (χ4n) is 2.90. The normalized spacial score (nSPS) is 10.9. The Labute approximate surface area is 164 Å². The van der Waals surface area contributed by atoms with Crippen LogP contribution in [0.15, 0.2) is 52.9 Å². The van der Waals surface area contributed by atoms with Gasteiger partial charge in [0.2, 0.25) is 5.88 Å². The molecule has 0 spiro atoms. The predicted molar refractivity (Wildman–Crippen MR) is 107 cm³/mol. The Morgan fingerprint density at radius 2 is 2.00 bits per heavy atom. The molecule has 0 fully saturated rings. The number of ether oxygens (including phenoxy) is 1. The van der Waals surface area contributed by atoms with E-state index in [-0.39, 0.29) is 17.9 Å². The lowest BCUT2D eigenvalue weighted by molar-refractivity contribution is -0.118.